The van der Waals surface area contributed by atoms with Crippen LogP contribution in [0.15, 0.2) is 97.1 Å². The van der Waals surface area contributed by atoms with E-state index in [1.54, 1.807) is 36.4 Å². The molecule has 0 aromatic heterocycles. The monoisotopic (exact) mass is 680 g/mol. The zero-order valence-electron chi connectivity index (χ0n) is 28.2. The van der Waals surface area contributed by atoms with Gasteiger partial charge in [-0.05, 0) is 92.1 Å². The highest BCUT2D eigenvalue weighted by molar-refractivity contribution is 7.94. The van der Waals surface area contributed by atoms with Crippen LogP contribution in [0, 0.1) is 17.2 Å². The zero-order chi connectivity index (χ0) is 34.8. The Hall–Kier alpha value is -4.54. The van der Waals surface area contributed by atoms with E-state index in [1.165, 1.54) is 25.7 Å². The molecule has 1 radical (unpaired) electrons. The normalized spacial score (nSPS) is 17.6. The van der Waals surface area contributed by atoms with Crippen LogP contribution in [0.2, 0.25) is 0 Å². The van der Waals surface area contributed by atoms with Gasteiger partial charge in [-0.25, -0.2) is 8.42 Å². The van der Waals surface area contributed by atoms with E-state index in [1.807, 2.05) is 66.9 Å². The van der Waals surface area contributed by atoms with Crippen molar-refractivity contribution in [1.82, 2.24) is 15.5 Å². The van der Waals surface area contributed by atoms with Crippen molar-refractivity contribution in [1.29, 1.82) is 5.41 Å². The molecule has 0 bridgehead atoms. The molecule has 2 atom stereocenters. The summed E-state index contributed by atoms with van der Waals surface area (Å²) >= 11 is 0. The van der Waals surface area contributed by atoms with E-state index in [2.05, 4.69) is 34.4 Å². The molecule has 1 amide bonds. The topological polar surface area (TPSA) is 131 Å². The fourth-order valence-electron chi connectivity index (χ4n) is 6.57. The van der Waals surface area contributed by atoms with Crippen LogP contribution in [-0.4, -0.2) is 69.8 Å². The minimum Gasteiger partial charge on any atom is -0.370 e. The van der Waals surface area contributed by atoms with Crippen LogP contribution in [0.25, 0.3) is 10.8 Å². The average molecular weight is 681 g/mol. The molecule has 0 aliphatic heterocycles. The number of amidine groups is 1. The summed E-state index contributed by atoms with van der Waals surface area (Å²) in [4.78, 5) is 27.9. The van der Waals surface area contributed by atoms with Gasteiger partial charge in [0.25, 0.3) is 0 Å². The SMILES string of the molecule is CN(C)C[C@H]1CC[C@@H](CNC(=N)c2ccc(CC([C]=O)NC(=O)C(Cc3ccccc3)S(=O)(=O)Nc3ccc4ccccc4c3)cc2)CC1. The highest BCUT2D eigenvalue weighted by Gasteiger charge is 2.34. The van der Waals surface area contributed by atoms with Crippen LogP contribution in [-0.2, 0) is 32.5 Å². The average Bonchev–Trinajstić information content (AvgIpc) is 3.10. The second-order valence-corrected chi connectivity index (χ2v) is 15.2. The Bertz CT molecular complexity index is 1820. The van der Waals surface area contributed by atoms with E-state index >= 15 is 0 Å². The lowest BCUT2D eigenvalue weighted by molar-refractivity contribution is -0.121. The summed E-state index contributed by atoms with van der Waals surface area (Å²) in [6.45, 7) is 1.90. The van der Waals surface area contributed by atoms with Crippen molar-refractivity contribution in [2.75, 3.05) is 31.9 Å². The quantitative estimate of drug-likeness (QED) is 0.0995. The summed E-state index contributed by atoms with van der Waals surface area (Å²) in [5.41, 5.74) is 2.49. The maximum absolute atomic E-state index is 13.7. The third-order valence-corrected chi connectivity index (χ3v) is 10.9. The first-order valence-electron chi connectivity index (χ1n) is 16.9. The Morgan fingerprint density at radius 2 is 1.47 bits per heavy atom. The number of benzene rings is 4. The van der Waals surface area contributed by atoms with Crippen LogP contribution in [0.5, 0.6) is 0 Å². The number of nitrogens with zero attached hydrogens (tertiary/aromatic N) is 1. The Morgan fingerprint density at radius 1 is 0.837 bits per heavy atom. The smallest absolute Gasteiger partial charge is 0.245 e. The first-order chi connectivity index (χ1) is 23.6. The molecule has 257 valence electrons. The molecule has 4 N–H and O–H groups in total. The molecule has 1 aliphatic carbocycles. The van der Waals surface area contributed by atoms with Gasteiger partial charge in [0, 0.05) is 30.8 Å². The maximum Gasteiger partial charge on any atom is 0.245 e. The van der Waals surface area contributed by atoms with E-state index in [9.17, 15) is 18.0 Å². The van der Waals surface area contributed by atoms with Crippen LogP contribution < -0.4 is 15.4 Å². The lowest BCUT2D eigenvalue weighted by atomic mass is 9.82. The molecule has 49 heavy (non-hydrogen) atoms. The van der Waals surface area contributed by atoms with Gasteiger partial charge in [-0.2, -0.15) is 0 Å². The zero-order valence-corrected chi connectivity index (χ0v) is 29.0. The molecular weight excluding hydrogens is 635 g/mol. The summed E-state index contributed by atoms with van der Waals surface area (Å²) in [5.74, 6) is 0.870. The third kappa shape index (κ3) is 10.2. The van der Waals surface area contributed by atoms with Crippen LogP contribution in [0.3, 0.4) is 0 Å². The van der Waals surface area contributed by atoms with Gasteiger partial charge in [-0.15, -0.1) is 0 Å². The van der Waals surface area contributed by atoms with E-state index < -0.39 is 27.2 Å². The Morgan fingerprint density at radius 3 is 2.14 bits per heavy atom. The number of nitrogens with one attached hydrogen (secondary N) is 4. The number of carbonyl (C=O) groups is 1. The van der Waals surface area contributed by atoms with Crippen LogP contribution in [0.1, 0.15) is 42.4 Å². The number of anilines is 1. The van der Waals surface area contributed by atoms with Gasteiger partial charge in [-0.3, -0.25) is 19.7 Å². The molecule has 1 aliphatic rings. The first kappa shape index (κ1) is 35.8. The predicted molar refractivity (Wildman–Crippen MR) is 197 cm³/mol. The second-order valence-electron chi connectivity index (χ2n) is 13.4. The van der Waals surface area contributed by atoms with Gasteiger partial charge in [0.15, 0.2) is 5.25 Å². The minimum absolute atomic E-state index is 0.0809. The van der Waals surface area contributed by atoms with E-state index in [4.69, 9.17) is 5.41 Å². The van der Waals surface area contributed by atoms with Gasteiger partial charge in [0.2, 0.25) is 22.2 Å². The lowest BCUT2D eigenvalue weighted by Gasteiger charge is -2.30. The van der Waals surface area contributed by atoms with E-state index in [0.717, 1.165) is 40.9 Å². The minimum atomic E-state index is -4.23. The highest BCUT2D eigenvalue weighted by Crippen LogP contribution is 2.29. The van der Waals surface area contributed by atoms with Crippen LogP contribution in [0.4, 0.5) is 5.69 Å². The summed E-state index contributed by atoms with van der Waals surface area (Å²) in [6.07, 6.45) is 6.69. The third-order valence-electron chi connectivity index (χ3n) is 9.24. The first-order valence-corrected chi connectivity index (χ1v) is 18.4. The summed E-state index contributed by atoms with van der Waals surface area (Å²) in [6, 6.07) is 27.9. The molecule has 1 saturated carbocycles. The van der Waals surface area contributed by atoms with Crippen molar-refractivity contribution in [3.63, 3.8) is 0 Å². The molecule has 1 fully saturated rings. The summed E-state index contributed by atoms with van der Waals surface area (Å²) < 4.78 is 30.0. The number of carbonyl (C=O) groups excluding carboxylic acids is 2. The van der Waals surface area contributed by atoms with Crippen molar-refractivity contribution in [2.24, 2.45) is 11.8 Å². The summed E-state index contributed by atoms with van der Waals surface area (Å²) in [7, 11) is 0.0126. The molecule has 0 saturated heterocycles. The standard InChI is InChI=1S/C39H46N5O4S/c1-44(2)26-31-14-12-30(13-15-31)25-41-38(40)33-18-16-29(17-19-33)22-36(27-45)42-39(46)37(23-28-8-4-3-5-9-28)49(47,48)43-35-21-20-32-10-6-7-11-34(32)24-35/h3-11,16-21,24,30-31,36-37,43H,12-15,22-23,25-26H2,1-2H3,(H2,40,41)(H,42,46)/t30-,31+,36?,37?. The number of hydrogen-bond acceptors (Lipinski definition) is 6. The molecule has 5 rings (SSSR count). The van der Waals surface area contributed by atoms with E-state index in [-0.39, 0.29) is 12.8 Å². The number of rotatable bonds is 15. The number of amides is 1. The highest BCUT2D eigenvalue weighted by atomic mass is 32.2. The number of fused-ring (bicyclic) bond motifs is 1. The largest absolute Gasteiger partial charge is 0.370 e. The van der Waals surface area contributed by atoms with Crippen molar-refractivity contribution < 1.29 is 18.0 Å². The van der Waals surface area contributed by atoms with Crippen LogP contribution >= 0.6 is 0 Å². The van der Waals surface area contributed by atoms with E-state index in [0.29, 0.717) is 23.0 Å². The molecule has 2 unspecified atom stereocenters. The Labute approximate surface area is 290 Å². The Balaban J connectivity index is 1.20. The fraction of sp³-hybridized carbons (Fsp3) is 0.359. The molecule has 10 heteroatoms. The molecule has 0 heterocycles. The van der Waals surface area contributed by atoms with Crippen molar-refractivity contribution in [3.05, 3.63) is 114 Å². The summed E-state index contributed by atoms with van der Waals surface area (Å²) in [5, 5.41) is 14.8. The number of hydrogen-bond donors (Lipinski definition) is 4. The maximum atomic E-state index is 13.7. The molecule has 9 nitrogen and oxygen atoms in total. The molecule has 4 aromatic rings. The number of sulfonamides is 1. The second kappa shape index (κ2) is 16.7. The van der Waals surface area contributed by atoms with Crippen molar-refractivity contribution in [3.8, 4) is 0 Å². The van der Waals surface area contributed by atoms with Crippen molar-refractivity contribution >= 4 is 44.5 Å². The molecule has 4 aromatic carbocycles. The van der Waals surface area contributed by atoms with Gasteiger partial charge >= 0.3 is 0 Å². The molecular formula is C39H46N5O4S. The van der Waals surface area contributed by atoms with Crippen molar-refractivity contribution in [2.45, 2.75) is 49.8 Å². The van der Waals surface area contributed by atoms with Gasteiger partial charge in [-0.1, -0.05) is 84.9 Å². The fourth-order valence-corrected chi connectivity index (χ4v) is 7.93. The predicted octanol–water partition coefficient (Wildman–Crippen LogP) is 5.31. The van der Waals surface area contributed by atoms with Gasteiger partial charge in [0.1, 0.15) is 5.84 Å². The Kier molecular flexibility index (Phi) is 12.2. The molecule has 0 spiro atoms. The lowest BCUT2D eigenvalue weighted by Crippen LogP contribution is -2.48. The van der Waals surface area contributed by atoms with Gasteiger partial charge in [0.05, 0.1) is 6.04 Å². The van der Waals surface area contributed by atoms with Gasteiger partial charge < -0.3 is 15.5 Å².